The van der Waals surface area contributed by atoms with Crippen molar-refractivity contribution in [1.29, 1.82) is 0 Å². The van der Waals surface area contributed by atoms with Gasteiger partial charge in [0.15, 0.2) is 0 Å². The topological polar surface area (TPSA) is 81.7 Å². The van der Waals surface area contributed by atoms with E-state index >= 15 is 0 Å². The molecule has 0 aliphatic carbocycles. The third-order valence-electron chi connectivity index (χ3n) is 9.11. The lowest BCUT2D eigenvalue weighted by atomic mass is 9.72. The molecule has 238 valence electrons. The van der Waals surface area contributed by atoms with Gasteiger partial charge in [0.1, 0.15) is 11.6 Å². The van der Waals surface area contributed by atoms with Crippen molar-refractivity contribution in [1.82, 2.24) is 24.8 Å². The molecule has 0 atom stereocenters. The number of nitrogens with zero attached hydrogens (tertiary/aromatic N) is 6. The number of benzene rings is 2. The van der Waals surface area contributed by atoms with Crippen molar-refractivity contribution in [3.8, 4) is 5.75 Å². The molecule has 0 saturated carbocycles. The fourth-order valence-corrected chi connectivity index (χ4v) is 8.21. The summed E-state index contributed by atoms with van der Waals surface area (Å²) in [6.07, 6.45) is 7.82. The number of halogens is 1. The molecule has 6 rings (SSSR count). The van der Waals surface area contributed by atoms with E-state index in [1.165, 1.54) is 49.0 Å². The van der Waals surface area contributed by atoms with Crippen LogP contribution >= 0.6 is 23.9 Å². The van der Waals surface area contributed by atoms with E-state index in [2.05, 4.69) is 109 Å². The van der Waals surface area contributed by atoms with Gasteiger partial charge in [-0.2, -0.15) is 0 Å². The predicted octanol–water partition coefficient (Wildman–Crippen LogP) is 6.42. The summed E-state index contributed by atoms with van der Waals surface area (Å²) in [5, 5.41) is 8.37. The van der Waals surface area contributed by atoms with Crippen molar-refractivity contribution in [2.75, 3.05) is 89.3 Å². The minimum absolute atomic E-state index is 0.434. The molecule has 2 fully saturated rings. The monoisotopic (exact) mass is 690 g/mol. The number of anilines is 5. The van der Waals surface area contributed by atoms with Gasteiger partial charge in [0.05, 0.1) is 34.0 Å². The number of piperidine rings is 1. The molecule has 45 heavy (non-hydrogen) atoms. The summed E-state index contributed by atoms with van der Waals surface area (Å²) < 4.78 is 6.79. The lowest BCUT2D eigenvalue weighted by molar-refractivity contribution is -0.0207. The van der Waals surface area contributed by atoms with Crippen LogP contribution in [0.5, 0.6) is 5.75 Å². The zero-order valence-corrected chi connectivity index (χ0v) is 29.7. The Hall–Kier alpha value is -3.04. The molecular formula is C34H44BrN8OP. The van der Waals surface area contributed by atoms with Crippen molar-refractivity contribution in [3.63, 3.8) is 0 Å². The highest BCUT2D eigenvalue weighted by molar-refractivity contribution is 9.10. The average Bonchev–Trinajstić information content (AvgIpc) is 3.00. The Morgan fingerprint density at radius 1 is 0.978 bits per heavy atom. The highest BCUT2D eigenvalue weighted by atomic mass is 79.9. The van der Waals surface area contributed by atoms with Crippen molar-refractivity contribution < 1.29 is 4.74 Å². The van der Waals surface area contributed by atoms with Gasteiger partial charge in [-0.05, 0) is 92.3 Å². The summed E-state index contributed by atoms with van der Waals surface area (Å²) in [6.45, 7) is 13.6. The fraction of sp³-hybridized carbons (Fsp3) is 0.441. The molecule has 2 aliphatic rings. The predicted molar refractivity (Wildman–Crippen MR) is 193 cm³/mol. The number of fused-ring (bicyclic) bond motifs is 1. The Balaban J connectivity index is 1.17. The van der Waals surface area contributed by atoms with Gasteiger partial charge in [-0.1, -0.05) is 7.92 Å². The minimum atomic E-state index is -0.434. The van der Waals surface area contributed by atoms with Gasteiger partial charge in [-0.3, -0.25) is 9.97 Å². The van der Waals surface area contributed by atoms with E-state index in [1.807, 2.05) is 18.3 Å². The van der Waals surface area contributed by atoms with E-state index in [4.69, 9.17) is 4.74 Å². The number of nitrogens with one attached hydrogen (secondary N) is 2. The maximum Gasteiger partial charge on any atom is 0.144 e. The van der Waals surface area contributed by atoms with Gasteiger partial charge in [0, 0.05) is 86.7 Å². The molecule has 2 N–H and O–H groups in total. The standard InChI is InChI=1S/C34H44BrN8OP/c1-23-17-28(30(44-4)19-29(23)43-13-9-34(10-14-43)21-42(22-34)16-15-41(2)3)40-31-18-27(24(35)20-38-31)39-26-8-7-25-32(33(26)45(5)6)37-12-11-36-25/h7-8,11-12,17-20H,9-10,13-16,21-22H2,1-6H3,(H2,38,39,40). The van der Waals surface area contributed by atoms with Crippen molar-refractivity contribution in [2.45, 2.75) is 19.8 Å². The molecule has 4 aromatic rings. The lowest BCUT2D eigenvalue weighted by Crippen LogP contribution is -2.61. The number of pyridine rings is 1. The summed E-state index contributed by atoms with van der Waals surface area (Å²) in [7, 11) is 5.61. The van der Waals surface area contributed by atoms with Gasteiger partial charge in [-0.15, -0.1) is 0 Å². The highest BCUT2D eigenvalue weighted by Crippen LogP contribution is 2.43. The second-order valence-electron chi connectivity index (χ2n) is 12.9. The van der Waals surface area contributed by atoms with Crippen LogP contribution in [0.15, 0.2) is 53.4 Å². The maximum absolute atomic E-state index is 5.91. The van der Waals surface area contributed by atoms with E-state index in [-0.39, 0.29) is 0 Å². The first-order valence-electron chi connectivity index (χ1n) is 15.6. The van der Waals surface area contributed by atoms with Crippen LogP contribution in [0.1, 0.15) is 18.4 Å². The van der Waals surface area contributed by atoms with Crippen molar-refractivity contribution in [3.05, 3.63) is 59.0 Å². The van der Waals surface area contributed by atoms with Crippen LogP contribution in [-0.4, -0.2) is 98.6 Å². The Bertz CT molecular complexity index is 1670. The van der Waals surface area contributed by atoms with Gasteiger partial charge >= 0.3 is 0 Å². The van der Waals surface area contributed by atoms with Crippen LogP contribution in [0.3, 0.4) is 0 Å². The molecule has 2 aliphatic heterocycles. The Labute approximate surface area is 276 Å². The smallest absolute Gasteiger partial charge is 0.144 e. The molecule has 0 unspecified atom stereocenters. The highest BCUT2D eigenvalue weighted by Gasteiger charge is 2.44. The quantitative estimate of drug-likeness (QED) is 0.183. The molecule has 0 radical (unpaired) electrons. The SMILES string of the molecule is COc1cc(N2CCC3(CC2)CN(CCN(C)C)C3)c(C)cc1Nc1cc(Nc2ccc3nccnc3c2P(C)C)c(Br)cn1. The Morgan fingerprint density at radius 3 is 2.44 bits per heavy atom. The third kappa shape index (κ3) is 6.89. The molecule has 2 aromatic heterocycles. The summed E-state index contributed by atoms with van der Waals surface area (Å²) >= 11 is 3.70. The molecule has 11 heteroatoms. The molecule has 4 heterocycles. The largest absolute Gasteiger partial charge is 0.494 e. The number of hydrogen-bond donors (Lipinski definition) is 2. The van der Waals surface area contributed by atoms with Gasteiger partial charge in [0.25, 0.3) is 0 Å². The van der Waals surface area contributed by atoms with Crippen LogP contribution in [0.4, 0.5) is 28.6 Å². The van der Waals surface area contributed by atoms with Crippen molar-refractivity contribution in [2.24, 2.45) is 5.41 Å². The number of likely N-dealkylation sites (N-methyl/N-ethyl adjacent to an activating group) is 1. The average molecular weight is 692 g/mol. The van der Waals surface area contributed by atoms with Gasteiger partial charge in [-0.25, -0.2) is 4.98 Å². The normalized spacial score (nSPS) is 16.4. The van der Waals surface area contributed by atoms with E-state index in [0.29, 0.717) is 5.41 Å². The van der Waals surface area contributed by atoms with E-state index in [1.54, 1.807) is 19.5 Å². The molecule has 0 bridgehead atoms. The van der Waals surface area contributed by atoms with Crippen LogP contribution in [-0.2, 0) is 0 Å². The summed E-state index contributed by atoms with van der Waals surface area (Å²) in [5.74, 6) is 1.54. The third-order valence-corrected chi connectivity index (χ3v) is 11.1. The molecule has 0 amide bonds. The first-order valence-corrected chi connectivity index (χ1v) is 18.6. The Kier molecular flexibility index (Phi) is 9.48. The summed E-state index contributed by atoms with van der Waals surface area (Å²) in [5.41, 5.74) is 7.68. The maximum atomic E-state index is 5.91. The molecular weight excluding hydrogens is 647 g/mol. The lowest BCUT2D eigenvalue weighted by Gasteiger charge is -2.54. The van der Waals surface area contributed by atoms with Crippen LogP contribution < -0.4 is 25.6 Å². The fourth-order valence-electron chi connectivity index (χ4n) is 6.69. The number of ether oxygens (including phenoxy) is 1. The Morgan fingerprint density at radius 2 is 1.73 bits per heavy atom. The zero-order chi connectivity index (χ0) is 31.7. The second-order valence-corrected chi connectivity index (χ2v) is 16.0. The number of aromatic nitrogens is 3. The first kappa shape index (κ1) is 31.9. The second kappa shape index (κ2) is 13.4. The van der Waals surface area contributed by atoms with Gasteiger partial charge < -0.3 is 30.1 Å². The van der Waals surface area contributed by atoms with Crippen molar-refractivity contribution >= 4 is 68.8 Å². The molecule has 2 aromatic carbocycles. The van der Waals surface area contributed by atoms with E-state index < -0.39 is 7.92 Å². The van der Waals surface area contributed by atoms with E-state index in [0.717, 1.165) is 63.8 Å². The van der Waals surface area contributed by atoms with E-state index in [9.17, 15) is 0 Å². The van der Waals surface area contributed by atoms with Crippen LogP contribution in [0.25, 0.3) is 11.0 Å². The number of hydrogen-bond acceptors (Lipinski definition) is 9. The van der Waals surface area contributed by atoms with Crippen LogP contribution in [0, 0.1) is 12.3 Å². The zero-order valence-electron chi connectivity index (χ0n) is 27.2. The molecule has 1 spiro atoms. The number of rotatable bonds is 10. The van der Waals surface area contributed by atoms with Gasteiger partial charge in [0.2, 0.25) is 0 Å². The number of aryl methyl sites for hydroxylation is 1. The summed E-state index contributed by atoms with van der Waals surface area (Å²) in [6, 6.07) is 10.5. The summed E-state index contributed by atoms with van der Waals surface area (Å²) in [4.78, 5) is 21.3. The van der Waals surface area contributed by atoms with Crippen LogP contribution in [0.2, 0.25) is 0 Å². The minimum Gasteiger partial charge on any atom is -0.494 e. The molecule has 2 saturated heterocycles. The first-order chi connectivity index (χ1) is 21.6. The number of likely N-dealkylation sites (tertiary alicyclic amines) is 1. The molecule has 9 nitrogen and oxygen atoms in total. The number of methoxy groups -OCH3 is 1.